The van der Waals surface area contributed by atoms with Crippen LogP contribution in [0.3, 0.4) is 0 Å². The first-order chi connectivity index (χ1) is 19.4. The number of benzene rings is 2. The molecule has 17 heteroatoms. The number of aromatic hydroxyl groups is 1. The van der Waals surface area contributed by atoms with Crippen molar-refractivity contribution in [1.29, 1.82) is 0 Å². The molecule has 1 fully saturated rings. The maximum Gasteiger partial charge on any atom is 0.547 e. The SMILES string of the molecule is NCCN1CCN(C(=O)N[C@@H](C(=O)N[C@H]2Cc3cccc(C(=O)O)c3OB2O)c2ccc(O)c(F)c2F)C(=O)C1=O. The minimum Gasteiger partial charge on any atom is -0.534 e. The zero-order chi connectivity index (χ0) is 30.0. The summed E-state index contributed by atoms with van der Waals surface area (Å²) >= 11 is 0. The first-order valence-electron chi connectivity index (χ1n) is 12.2. The predicted molar refractivity (Wildman–Crippen MR) is 134 cm³/mol. The maximum absolute atomic E-state index is 14.9. The van der Waals surface area contributed by atoms with E-state index in [9.17, 15) is 48.0 Å². The number of carboxylic acids is 1. The Morgan fingerprint density at radius 1 is 1.12 bits per heavy atom. The number of para-hydroxylation sites is 1. The summed E-state index contributed by atoms with van der Waals surface area (Å²) in [6, 6.07) is 2.43. The second-order valence-electron chi connectivity index (χ2n) is 9.15. The molecule has 4 rings (SSSR count). The number of piperazine rings is 1. The van der Waals surface area contributed by atoms with E-state index < -0.39 is 71.8 Å². The van der Waals surface area contributed by atoms with Crippen molar-refractivity contribution in [2.75, 3.05) is 26.2 Å². The Hall–Kier alpha value is -4.77. The van der Waals surface area contributed by atoms with Crippen molar-refractivity contribution in [2.24, 2.45) is 5.73 Å². The summed E-state index contributed by atoms with van der Waals surface area (Å²) in [4.78, 5) is 64.3. The molecule has 2 heterocycles. The van der Waals surface area contributed by atoms with E-state index in [1.54, 1.807) is 0 Å². The second kappa shape index (κ2) is 11.8. The van der Waals surface area contributed by atoms with Gasteiger partial charge in [-0.25, -0.2) is 14.0 Å². The molecular weight excluding hydrogens is 551 g/mol. The lowest BCUT2D eigenvalue weighted by atomic mass is 9.72. The van der Waals surface area contributed by atoms with Gasteiger partial charge in [0.15, 0.2) is 11.6 Å². The molecule has 2 aromatic rings. The molecule has 2 aliphatic heterocycles. The van der Waals surface area contributed by atoms with Gasteiger partial charge in [-0.2, -0.15) is 4.39 Å². The molecule has 14 nitrogen and oxygen atoms in total. The number of carbonyl (C=O) groups excluding carboxylic acids is 4. The molecule has 2 atom stereocenters. The molecule has 0 radical (unpaired) electrons. The number of nitrogens with two attached hydrogens (primary N) is 1. The Kier molecular flexibility index (Phi) is 8.39. The fourth-order valence-corrected chi connectivity index (χ4v) is 4.48. The zero-order valence-electron chi connectivity index (χ0n) is 21.2. The van der Waals surface area contributed by atoms with Crippen LogP contribution in [0.2, 0.25) is 0 Å². The lowest BCUT2D eigenvalue weighted by Crippen LogP contribution is -2.60. The lowest BCUT2D eigenvalue weighted by molar-refractivity contribution is -0.153. The summed E-state index contributed by atoms with van der Waals surface area (Å²) in [5.41, 5.74) is 4.75. The number of nitrogens with one attached hydrogen (secondary N) is 2. The van der Waals surface area contributed by atoms with E-state index in [2.05, 4.69) is 10.6 Å². The van der Waals surface area contributed by atoms with Gasteiger partial charge in [-0.05, 0) is 30.2 Å². The van der Waals surface area contributed by atoms with Crippen molar-refractivity contribution in [3.05, 3.63) is 58.7 Å². The number of hydrogen-bond donors (Lipinski definition) is 6. The Morgan fingerprint density at radius 3 is 2.54 bits per heavy atom. The molecule has 216 valence electrons. The fourth-order valence-electron chi connectivity index (χ4n) is 4.48. The number of carbonyl (C=O) groups is 5. The quantitative estimate of drug-likeness (QED) is 0.173. The highest BCUT2D eigenvalue weighted by atomic mass is 19.2. The van der Waals surface area contributed by atoms with Gasteiger partial charge in [0, 0.05) is 31.7 Å². The van der Waals surface area contributed by atoms with Crippen LogP contribution in [-0.4, -0.2) is 94.0 Å². The minimum absolute atomic E-state index is 0.0579. The summed E-state index contributed by atoms with van der Waals surface area (Å²) in [6.07, 6.45) is -0.146. The van der Waals surface area contributed by atoms with Crippen LogP contribution >= 0.6 is 0 Å². The summed E-state index contributed by atoms with van der Waals surface area (Å²) < 4.78 is 34.4. The first-order valence-corrected chi connectivity index (χ1v) is 12.2. The minimum atomic E-state index is -2.03. The third-order valence-corrected chi connectivity index (χ3v) is 6.56. The van der Waals surface area contributed by atoms with Crippen LogP contribution in [0, 0.1) is 11.6 Å². The van der Waals surface area contributed by atoms with Crippen molar-refractivity contribution in [1.82, 2.24) is 20.4 Å². The van der Waals surface area contributed by atoms with Gasteiger partial charge >= 0.3 is 30.9 Å². The number of nitrogens with zero attached hydrogens (tertiary/aromatic N) is 2. The number of halogens is 2. The number of rotatable bonds is 7. The topological polar surface area (TPSA) is 212 Å². The number of amides is 5. The van der Waals surface area contributed by atoms with E-state index in [4.69, 9.17) is 10.4 Å². The molecule has 2 aromatic carbocycles. The van der Waals surface area contributed by atoms with E-state index in [1.807, 2.05) is 0 Å². The second-order valence-corrected chi connectivity index (χ2v) is 9.15. The summed E-state index contributed by atoms with van der Waals surface area (Å²) in [6.45, 7) is -0.212. The first kappa shape index (κ1) is 29.2. The molecule has 2 aliphatic rings. The molecule has 0 bridgehead atoms. The average molecular weight is 575 g/mol. The lowest BCUT2D eigenvalue weighted by Gasteiger charge is -2.33. The Bertz CT molecular complexity index is 1430. The van der Waals surface area contributed by atoms with Crippen LogP contribution in [0.25, 0.3) is 0 Å². The van der Waals surface area contributed by atoms with E-state index >= 15 is 0 Å². The molecule has 1 saturated heterocycles. The van der Waals surface area contributed by atoms with E-state index in [-0.39, 0.29) is 43.9 Å². The van der Waals surface area contributed by atoms with Crippen LogP contribution in [0.5, 0.6) is 11.5 Å². The van der Waals surface area contributed by atoms with E-state index in [0.29, 0.717) is 10.5 Å². The van der Waals surface area contributed by atoms with Gasteiger partial charge in [0.05, 0.1) is 11.5 Å². The van der Waals surface area contributed by atoms with E-state index in [1.165, 1.54) is 18.2 Å². The number of phenolic OH excluding ortho intramolecular Hbond substituents is 1. The van der Waals surface area contributed by atoms with Crippen LogP contribution in [0.4, 0.5) is 13.6 Å². The third-order valence-electron chi connectivity index (χ3n) is 6.56. The summed E-state index contributed by atoms with van der Waals surface area (Å²) in [5, 5.41) is 33.8. The molecule has 0 spiro atoms. The highest BCUT2D eigenvalue weighted by Crippen LogP contribution is 2.31. The maximum atomic E-state index is 14.9. The zero-order valence-corrected chi connectivity index (χ0v) is 21.2. The van der Waals surface area contributed by atoms with Crippen molar-refractivity contribution >= 4 is 36.8 Å². The number of imide groups is 1. The van der Waals surface area contributed by atoms with Crippen LogP contribution in [-0.2, 0) is 20.8 Å². The number of urea groups is 1. The normalized spacial score (nSPS) is 17.5. The largest absolute Gasteiger partial charge is 0.547 e. The van der Waals surface area contributed by atoms with Crippen molar-refractivity contribution < 1.29 is 52.6 Å². The highest BCUT2D eigenvalue weighted by Gasteiger charge is 2.41. The molecule has 0 saturated carbocycles. The molecule has 0 unspecified atom stereocenters. The molecule has 41 heavy (non-hydrogen) atoms. The Balaban J connectivity index is 1.60. The van der Waals surface area contributed by atoms with Gasteiger partial charge in [-0.15, -0.1) is 0 Å². The van der Waals surface area contributed by atoms with E-state index in [0.717, 1.165) is 17.0 Å². The Morgan fingerprint density at radius 2 is 1.85 bits per heavy atom. The molecule has 0 aromatic heterocycles. The standard InChI is InChI=1S/C24H24BF2N5O9/c26-16-12(4-5-14(33)17(16)27)18(30-24(39)32-9-8-31(7-6-28)21(35)22(32)36)20(34)29-15-10-11-2-1-3-13(23(37)38)19(11)41-25(15)40/h1-5,15,18,33,40H,6-10,28H2,(H,29,34)(H,30,39)(H,37,38)/t15-,18+/m0/s1. The number of carboxylic acid groups (broad SMARTS) is 1. The molecule has 7 N–H and O–H groups in total. The van der Waals surface area contributed by atoms with Gasteiger partial charge in [0.25, 0.3) is 0 Å². The number of hydrogen-bond acceptors (Lipinski definition) is 9. The number of fused-ring (bicyclic) bond motifs is 1. The van der Waals surface area contributed by atoms with Gasteiger partial charge in [0.1, 0.15) is 11.8 Å². The summed E-state index contributed by atoms with van der Waals surface area (Å²) in [5.74, 6) is -10.6. The molecule has 0 aliphatic carbocycles. The van der Waals surface area contributed by atoms with Crippen LogP contribution in [0.1, 0.15) is 27.5 Å². The van der Waals surface area contributed by atoms with Gasteiger partial charge in [-0.3, -0.25) is 19.3 Å². The number of phenols is 1. The number of aromatic carboxylic acids is 1. The van der Waals surface area contributed by atoms with Crippen molar-refractivity contribution in [3.63, 3.8) is 0 Å². The molecular formula is C24H24BF2N5O9. The Labute approximate surface area is 230 Å². The summed E-state index contributed by atoms with van der Waals surface area (Å²) in [7, 11) is -1.78. The van der Waals surface area contributed by atoms with Gasteiger partial charge in [0.2, 0.25) is 11.7 Å². The smallest absolute Gasteiger partial charge is 0.534 e. The predicted octanol–water partition coefficient (Wildman–Crippen LogP) is -1.11. The van der Waals surface area contributed by atoms with Gasteiger partial charge in [-0.1, -0.05) is 12.1 Å². The van der Waals surface area contributed by atoms with Crippen molar-refractivity contribution in [3.8, 4) is 11.5 Å². The van der Waals surface area contributed by atoms with Crippen molar-refractivity contribution in [2.45, 2.75) is 18.4 Å². The molecule has 5 amide bonds. The third kappa shape index (κ3) is 5.76. The van der Waals surface area contributed by atoms with Crippen LogP contribution in [0.15, 0.2) is 30.3 Å². The highest BCUT2D eigenvalue weighted by molar-refractivity contribution is 6.47. The monoisotopic (exact) mass is 575 g/mol. The van der Waals surface area contributed by atoms with Gasteiger partial charge < -0.3 is 41.2 Å². The fraction of sp³-hybridized carbons (Fsp3) is 0.292. The average Bonchev–Trinajstić information content (AvgIpc) is 2.93. The van der Waals surface area contributed by atoms with Crippen LogP contribution < -0.4 is 21.0 Å².